The fraction of sp³-hybridized carbons (Fsp3) is 0.308. The van der Waals surface area contributed by atoms with Crippen LogP contribution in [0.1, 0.15) is 17.2 Å². The second-order valence-electron chi connectivity index (χ2n) is 8.16. The van der Waals surface area contributed by atoms with E-state index in [1.54, 1.807) is 18.2 Å². The van der Waals surface area contributed by atoms with Gasteiger partial charge in [0, 0.05) is 26.2 Å². The largest absolute Gasteiger partial charge is 0.504 e. The molecule has 2 aliphatic rings. The van der Waals surface area contributed by atoms with Crippen LogP contribution in [0, 0.1) is 0 Å². The van der Waals surface area contributed by atoms with Gasteiger partial charge in [-0.3, -0.25) is 14.5 Å². The fourth-order valence-corrected chi connectivity index (χ4v) is 4.25. The second-order valence-corrected chi connectivity index (χ2v) is 8.16. The molecule has 0 radical (unpaired) electrons. The van der Waals surface area contributed by atoms with Crippen LogP contribution in [-0.4, -0.2) is 78.2 Å². The molecule has 0 aromatic heterocycles. The van der Waals surface area contributed by atoms with Crippen LogP contribution in [0.2, 0.25) is 0 Å². The zero-order chi connectivity index (χ0) is 24.1. The third kappa shape index (κ3) is 4.98. The minimum atomic E-state index is -0.809. The molecule has 1 fully saturated rings. The summed E-state index contributed by atoms with van der Waals surface area (Å²) in [4.78, 5) is 30.0. The number of aliphatic hydroxyl groups excluding tert-OH is 1. The number of methoxy groups -OCH3 is 1. The molecule has 4 rings (SSSR count). The predicted octanol–water partition coefficient (Wildman–Crippen LogP) is 2.71. The number of morpholine rings is 1. The second kappa shape index (κ2) is 10.5. The lowest BCUT2D eigenvalue weighted by atomic mass is 9.95. The van der Waals surface area contributed by atoms with E-state index < -0.39 is 23.5 Å². The summed E-state index contributed by atoms with van der Waals surface area (Å²) in [6.45, 7) is 3.66. The Bertz CT molecular complexity index is 1110. The van der Waals surface area contributed by atoms with Gasteiger partial charge in [-0.15, -0.1) is 0 Å². The van der Waals surface area contributed by atoms with E-state index in [-0.39, 0.29) is 17.1 Å². The Hall–Kier alpha value is -3.62. The Morgan fingerprint density at radius 1 is 1.12 bits per heavy atom. The van der Waals surface area contributed by atoms with Crippen molar-refractivity contribution >= 4 is 17.8 Å². The first-order valence-electron chi connectivity index (χ1n) is 11.2. The first kappa shape index (κ1) is 23.5. The highest BCUT2D eigenvalue weighted by molar-refractivity contribution is 6.14. The first-order valence-corrected chi connectivity index (χ1v) is 11.2. The van der Waals surface area contributed by atoms with Gasteiger partial charge in [0.1, 0.15) is 0 Å². The van der Waals surface area contributed by atoms with E-state index in [0.717, 1.165) is 18.7 Å². The standard InChI is InChI=1S/C26H28N2O6/c1-33-22-17-19(8-10-20(22)29)24-23(21(30)9-7-18-5-3-2-4-6-18)25(31)26(32)28(24)12-11-27-13-15-34-16-14-27/h2-10,17,24,29,31H,11-16H2,1H3/b9-7+. The number of carbonyl (C=O) groups is 2. The number of phenolic OH excluding ortho intramolecular Hbond substituents is 1. The molecule has 2 aromatic carbocycles. The minimum absolute atomic E-state index is 0.00639. The number of hydrogen-bond donors (Lipinski definition) is 2. The number of benzene rings is 2. The van der Waals surface area contributed by atoms with Crippen molar-refractivity contribution in [2.75, 3.05) is 46.5 Å². The lowest BCUT2D eigenvalue weighted by Gasteiger charge is -2.31. The van der Waals surface area contributed by atoms with Crippen molar-refractivity contribution in [2.45, 2.75) is 6.04 Å². The number of amides is 1. The third-order valence-corrected chi connectivity index (χ3v) is 6.08. The summed E-state index contributed by atoms with van der Waals surface area (Å²) in [5.74, 6) is -1.44. The average molecular weight is 465 g/mol. The van der Waals surface area contributed by atoms with Crippen LogP contribution in [0.4, 0.5) is 0 Å². The maximum absolute atomic E-state index is 13.2. The molecule has 2 aliphatic heterocycles. The van der Waals surface area contributed by atoms with Crippen molar-refractivity contribution < 1.29 is 29.3 Å². The zero-order valence-electron chi connectivity index (χ0n) is 19.0. The highest BCUT2D eigenvalue weighted by Gasteiger charge is 2.43. The molecule has 2 heterocycles. The quantitative estimate of drug-likeness (QED) is 0.580. The molecule has 1 atom stereocenters. The normalized spacial score (nSPS) is 19.3. The number of phenols is 1. The van der Waals surface area contributed by atoms with Crippen molar-refractivity contribution in [2.24, 2.45) is 0 Å². The van der Waals surface area contributed by atoms with Gasteiger partial charge >= 0.3 is 0 Å². The maximum Gasteiger partial charge on any atom is 0.290 e. The van der Waals surface area contributed by atoms with Crippen LogP contribution in [0.3, 0.4) is 0 Å². The number of aromatic hydroxyl groups is 1. The highest BCUT2D eigenvalue weighted by atomic mass is 16.5. The van der Waals surface area contributed by atoms with Gasteiger partial charge in [-0.1, -0.05) is 42.5 Å². The molecule has 178 valence electrons. The smallest absolute Gasteiger partial charge is 0.290 e. The molecule has 34 heavy (non-hydrogen) atoms. The predicted molar refractivity (Wildman–Crippen MR) is 127 cm³/mol. The van der Waals surface area contributed by atoms with E-state index in [1.165, 1.54) is 24.2 Å². The lowest BCUT2D eigenvalue weighted by Crippen LogP contribution is -2.43. The molecule has 8 heteroatoms. The molecule has 2 aromatic rings. The molecule has 0 aliphatic carbocycles. The van der Waals surface area contributed by atoms with Crippen molar-refractivity contribution in [1.29, 1.82) is 0 Å². The van der Waals surface area contributed by atoms with Crippen LogP contribution in [0.15, 0.2) is 65.9 Å². The van der Waals surface area contributed by atoms with E-state index in [2.05, 4.69) is 4.90 Å². The fourth-order valence-electron chi connectivity index (χ4n) is 4.25. The van der Waals surface area contributed by atoms with E-state index in [1.807, 2.05) is 30.3 Å². The van der Waals surface area contributed by atoms with Gasteiger partial charge in [-0.2, -0.15) is 0 Å². The van der Waals surface area contributed by atoms with Gasteiger partial charge in [0.15, 0.2) is 23.0 Å². The van der Waals surface area contributed by atoms with Crippen molar-refractivity contribution in [3.8, 4) is 11.5 Å². The summed E-state index contributed by atoms with van der Waals surface area (Å²) < 4.78 is 10.6. The van der Waals surface area contributed by atoms with Crippen molar-refractivity contribution in [1.82, 2.24) is 9.80 Å². The van der Waals surface area contributed by atoms with Gasteiger partial charge in [-0.25, -0.2) is 0 Å². The zero-order valence-corrected chi connectivity index (χ0v) is 19.0. The third-order valence-electron chi connectivity index (χ3n) is 6.08. The van der Waals surface area contributed by atoms with Gasteiger partial charge < -0.3 is 24.6 Å². The summed E-state index contributed by atoms with van der Waals surface area (Å²) in [7, 11) is 1.43. The van der Waals surface area contributed by atoms with Gasteiger partial charge in [0.25, 0.3) is 5.91 Å². The number of carbonyl (C=O) groups excluding carboxylic acids is 2. The maximum atomic E-state index is 13.2. The average Bonchev–Trinajstić information content (AvgIpc) is 3.12. The summed E-state index contributed by atoms with van der Waals surface area (Å²) in [6, 6.07) is 13.2. The summed E-state index contributed by atoms with van der Waals surface area (Å²) in [5, 5.41) is 20.8. The van der Waals surface area contributed by atoms with E-state index in [4.69, 9.17) is 9.47 Å². The molecular formula is C26H28N2O6. The Balaban J connectivity index is 1.66. The minimum Gasteiger partial charge on any atom is -0.504 e. The molecule has 1 saturated heterocycles. The topological polar surface area (TPSA) is 99.5 Å². The monoisotopic (exact) mass is 464 g/mol. The van der Waals surface area contributed by atoms with E-state index in [9.17, 15) is 19.8 Å². The van der Waals surface area contributed by atoms with Crippen molar-refractivity contribution in [3.63, 3.8) is 0 Å². The molecule has 1 unspecified atom stereocenters. The molecule has 8 nitrogen and oxygen atoms in total. The Kier molecular flexibility index (Phi) is 7.30. The Morgan fingerprint density at radius 3 is 2.56 bits per heavy atom. The molecular weight excluding hydrogens is 436 g/mol. The van der Waals surface area contributed by atoms with Crippen LogP contribution in [0.5, 0.6) is 11.5 Å². The number of aliphatic hydroxyl groups is 1. The van der Waals surface area contributed by atoms with E-state index in [0.29, 0.717) is 31.9 Å². The van der Waals surface area contributed by atoms with Gasteiger partial charge in [-0.05, 0) is 29.3 Å². The number of allylic oxidation sites excluding steroid dienone is 1. The summed E-state index contributed by atoms with van der Waals surface area (Å²) >= 11 is 0. The van der Waals surface area contributed by atoms with Gasteiger partial charge in [0.05, 0.1) is 31.9 Å². The summed E-state index contributed by atoms with van der Waals surface area (Å²) in [6.07, 6.45) is 3.02. The molecule has 0 spiro atoms. The first-order chi connectivity index (χ1) is 16.5. The number of nitrogens with zero attached hydrogens (tertiary/aromatic N) is 2. The summed E-state index contributed by atoms with van der Waals surface area (Å²) in [5.41, 5.74) is 1.39. The van der Waals surface area contributed by atoms with Crippen LogP contribution >= 0.6 is 0 Å². The number of hydrogen-bond acceptors (Lipinski definition) is 7. The molecule has 0 bridgehead atoms. The highest BCUT2D eigenvalue weighted by Crippen LogP contribution is 2.40. The number of ketones is 1. The van der Waals surface area contributed by atoms with Crippen LogP contribution < -0.4 is 4.74 Å². The molecule has 2 N–H and O–H groups in total. The SMILES string of the molecule is COc1cc(C2C(C(=O)/C=C/c3ccccc3)=C(O)C(=O)N2CCN2CCOCC2)ccc1O. The van der Waals surface area contributed by atoms with Crippen molar-refractivity contribution in [3.05, 3.63) is 77.1 Å². The number of ether oxygens (including phenoxy) is 2. The van der Waals surface area contributed by atoms with Gasteiger partial charge in [0.2, 0.25) is 0 Å². The Labute approximate surface area is 198 Å². The number of rotatable bonds is 8. The lowest BCUT2D eigenvalue weighted by molar-refractivity contribution is -0.129. The van der Waals surface area contributed by atoms with E-state index >= 15 is 0 Å². The van der Waals surface area contributed by atoms with Crippen LogP contribution in [0.25, 0.3) is 6.08 Å². The Morgan fingerprint density at radius 2 is 1.85 bits per heavy atom. The molecule has 1 amide bonds. The molecule has 0 saturated carbocycles. The van der Waals surface area contributed by atoms with Crippen LogP contribution in [-0.2, 0) is 14.3 Å².